The first-order valence-electron chi connectivity index (χ1n) is 7.37. The zero-order valence-electron chi connectivity index (χ0n) is 12.7. The zero-order chi connectivity index (χ0) is 18.0. The molecule has 3 aliphatic rings. The zero-order valence-corrected chi connectivity index (χ0v) is 13.5. The van der Waals surface area contributed by atoms with Crippen molar-refractivity contribution in [1.29, 1.82) is 0 Å². The molecule has 3 fully saturated rings. The molecule has 0 atom stereocenters. The van der Waals surface area contributed by atoms with E-state index in [0.717, 1.165) is 5.56 Å². The fraction of sp³-hybridized carbons (Fsp3) is 0.600. The molecule has 0 unspecified atom stereocenters. The summed E-state index contributed by atoms with van der Waals surface area (Å²) in [6.07, 6.45) is -2.65. The summed E-state index contributed by atoms with van der Waals surface area (Å²) in [6, 6.07) is 5.22. The van der Waals surface area contributed by atoms with Crippen LogP contribution < -0.4 is 0 Å². The van der Waals surface area contributed by atoms with Gasteiger partial charge in [0.15, 0.2) is 5.60 Å². The van der Waals surface area contributed by atoms with Crippen molar-refractivity contribution in [2.75, 3.05) is 0 Å². The summed E-state index contributed by atoms with van der Waals surface area (Å²) in [6.45, 7) is 1.70. The Morgan fingerprint density at radius 1 is 0.958 bits per heavy atom. The quantitative estimate of drug-likeness (QED) is 0.658. The summed E-state index contributed by atoms with van der Waals surface area (Å²) in [5, 5.41) is 9.81. The van der Waals surface area contributed by atoms with E-state index in [-0.39, 0.29) is 4.90 Å². The topological polar surface area (TPSA) is 63.6 Å². The van der Waals surface area contributed by atoms with Gasteiger partial charge in [0, 0.05) is 0 Å². The van der Waals surface area contributed by atoms with Crippen LogP contribution >= 0.6 is 0 Å². The first-order valence-corrected chi connectivity index (χ1v) is 8.78. The molecule has 0 amide bonds. The number of fused-ring (bicyclic) bond motifs is 3. The van der Waals surface area contributed by atoms with Crippen molar-refractivity contribution in [3.63, 3.8) is 0 Å². The molecular weight excluding hydrogens is 352 g/mol. The highest BCUT2D eigenvalue weighted by Crippen LogP contribution is 2.64. The number of hydrogen-bond acceptors (Lipinski definition) is 4. The predicted octanol–water partition coefficient (Wildman–Crippen LogP) is 3.03. The molecule has 24 heavy (non-hydrogen) atoms. The van der Waals surface area contributed by atoms with Crippen molar-refractivity contribution in [1.82, 2.24) is 0 Å². The molecule has 3 saturated carbocycles. The van der Waals surface area contributed by atoms with Crippen LogP contribution in [0.15, 0.2) is 29.2 Å². The molecular formula is C15H16F4O4S. The first kappa shape index (κ1) is 17.6. The van der Waals surface area contributed by atoms with Crippen LogP contribution in [0.25, 0.3) is 0 Å². The van der Waals surface area contributed by atoms with Crippen molar-refractivity contribution in [2.45, 2.75) is 60.5 Å². The SMILES string of the molecule is Cc1ccc(S(=O)(=O)OC23CCC(O)(CC2)C(F)(F)C3(F)F)cc1. The Hall–Kier alpha value is -1.19. The van der Waals surface area contributed by atoms with E-state index in [9.17, 15) is 31.1 Å². The molecule has 3 aliphatic carbocycles. The summed E-state index contributed by atoms with van der Waals surface area (Å²) in [7, 11) is -4.66. The predicted molar refractivity (Wildman–Crippen MR) is 75.5 cm³/mol. The number of rotatable bonds is 3. The standard InChI is InChI=1S/C15H16F4O4S/c1-10-2-4-11(5-3-10)24(21,22)23-13-8-6-12(20,7-9-13)14(16,17)15(13,18)19/h2-5,20H,6-9H2,1H3. The van der Waals surface area contributed by atoms with Gasteiger partial charge in [0.25, 0.3) is 10.1 Å². The number of aryl methyl sites for hydroxylation is 1. The van der Waals surface area contributed by atoms with Crippen LogP contribution in [-0.4, -0.2) is 36.6 Å². The van der Waals surface area contributed by atoms with Crippen LogP contribution in [-0.2, 0) is 14.3 Å². The van der Waals surface area contributed by atoms with Gasteiger partial charge >= 0.3 is 11.8 Å². The van der Waals surface area contributed by atoms with Gasteiger partial charge in [-0.2, -0.15) is 26.0 Å². The van der Waals surface area contributed by atoms with Gasteiger partial charge in [-0.3, -0.25) is 4.18 Å². The first-order chi connectivity index (χ1) is 10.9. The smallest absolute Gasteiger partial charge is 0.342 e. The number of halogens is 4. The summed E-state index contributed by atoms with van der Waals surface area (Å²) < 4.78 is 86.2. The molecule has 0 aliphatic heterocycles. The summed E-state index contributed by atoms with van der Waals surface area (Å²) in [4.78, 5) is -0.381. The van der Waals surface area contributed by atoms with E-state index in [0.29, 0.717) is 0 Å². The molecule has 0 radical (unpaired) electrons. The van der Waals surface area contributed by atoms with Crippen LogP contribution in [0.2, 0.25) is 0 Å². The monoisotopic (exact) mass is 368 g/mol. The van der Waals surface area contributed by atoms with Crippen LogP contribution in [0.3, 0.4) is 0 Å². The molecule has 1 aromatic rings. The molecule has 0 saturated heterocycles. The van der Waals surface area contributed by atoms with Crippen LogP contribution in [0.1, 0.15) is 31.2 Å². The van der Waals surface area contributed by atoms with Gasteiger partial charge in [-0.25, -0.2) is 0 Å². The van der Waals surface area contributed by atoms with Gasteiger partial charge in [0.2, 0.25) is 0 Å². The van der Waals surface area contributed by atoms with Gasteiger partial charge in [-0.05, 0) is 44.7 Å². The highest BCUT2D eigenvalue weighted by Gasteiger charge is 2.83. The highest BCUT2D eigenvalue weighted by atomic mass is 32.2. The average Bonchev–Trinajstić information content (AvgIpc) is 2.48. The summed E-state index contributed by atoms with van der Waals surface area (Å²) >= 11 is 0. The van der Waals surface area contributed by atoms with Crippen LogP contribution in [0.4, 0.5) is 17.6 Å². The lowest BCUT2D eigenvalue weighted by Crippen LogP contribution is -2.76. The molecule has 0 heterocycles. The van der Waals surface area contributed by atoms with Gasteiger partial charge in [0.1, 0.15) is 5.60 Å². The molecule has 4 rings (SSSR count). The fourth-order valence-corrected chi connectivity index (χ4v) is 4.63. The van der Waals surface area contributed by atoms with E-state index in [1.165, 1.54) is 24.3 Å². The third-order valence-electron chi connectivity index (χ3n) is 5.01. The van der Waals surface area contributed by atoms with E-state index in [1.807, 2.05) is 0 Å². The molecule has 134 valence electrons. The number of alkyl halides is 4. The lowest BCUT2D eigenvalue weighted by molar-refractivity contribution is -0.388. The Labute approximate surface area is 136 Å². The minimum Gasteiger partial charge on any atom is -0.383 e. The summed E-state index contributed by atoms with van der Waals surface area (Å²) in [5.74, 6) is -9.57. The number of aliphatic hydroxyl groups is 1. The van der Waals surface area contributed by atoms with E-state index in [2.05, 4.69) is 0 Å². The van der Waals surface area contributed by atoms with Crippen LogP contribution in [0, 0.1) is 6.92 Å². The van der Waals surface area contributed by atoms with Crippen LogP contribution in [0.5, 0.6) is 0 Å². The van der Waals surface area contributed by atoms with Crippen molar-refractivity contribution in [3.8, 4) is 0 Å². The molecule has 2 bridgehead atoms. The van der Waals surface area contributed by atoms with Crippen molar-refractivity contribution in [3.05, 3.63) is 29.8 Å². The van der Waals surface area contributed by atoms with E-state index in [1.54, 1.807) is 6.92 Å². The third kappa shape index (κ3) is 2.14. The molecule has 0 aromatic heterocycles. The number of benzene rings is 1. The van der Waals surface area contributed by atoms with Gasteiger partial charge in [0.05, 0.1) is 4.90 Å². The minimum absolute atomic E-state index is 0.381. The van der Waals surface area contributed by atoms with E-state index in [4.69, 9.17) is 4.18 Å². The lowest BCUT2D eigenvalue weighted by Gasteiger charge is -2.57. The van der Waals surface area contributed by atoms with Crippen molar-refractivity contribution >= 4 is 10.1 Å². The Kier molecular flexibility index (Phi) is 3.61. The molecule has 4 nitrogen and oxygen atoms in total. The Morgan fingerprint density at radius 2 is 1.46 bits per heavy atom. The second-order valence-electron chi connectivity index (χ2n) is 6.53. The highest BCUT2D eigenvalue weighted by molar-refractivity contribution is 7.86. The maximum atomic E-state index is 14.4. The largest absolute Gasteiger partial charge is 0.383 e. The Morgan fingerprint density at radius 3 is 1.96 bits per heavy atom. The van der Waals surface area contributed by atoms with Gasteiger partial charge in [-0.15, -0.1) is 0 Å². The minimum atomic E-state index is -4.80. The molecule has 0 spiro atoms. The van der Waals surface area contributed by atoms with Crippen molar-refractivity contribution < 1.29 is 35.3 Å². The lowest BCUT2D eigenvalue weighted by atomic mass is 9.60. The molecule has 1 N–H and O–H groups in total. The Bertz CT molecular complexity index is 750. The Balaban J connectivity index is 2.01. The van der Waals surface area contributed by atoms with E-state index < -0.39 is 58.8 Å². The second kappa shape index (κ2) is 4.92. The second-order valence-corrected chi connectivity index (χ2v) is 8.07. The summed E-state index contributed by atoms with van der Waals surface area (Å²) in [5.41, 5.74) is -4.95. The van der Waals surface area contributed by atoms with Crippen molar-refractivity contribution in [2.24, 2.45) is 0 Å². The van der Waals surface area contributed by atoms with Gasteiger partial charge in [-0.1, -0.05) is 17.7 Å². The fourth-order valence-electron chi connectivity index (χ4n) is 3.37. The van der Waals surface area contributed by atoms with Gasteiger partial charge < -0.3 is 5.11 Å². The average molecular weight is 368 g/mol. The molecule has 1 aromatic carbocycles. The number of hydrogen-bond donors (Lipinski definition) is 1. The normalized spacial score (nSPS) is 34.2. The van der Waals surface area contributed by atoms with E-state index >= 15 is 0 Å². The maximum absolute atomic E-state index is 14.4. The third-order valence-corrected chi connectivity index (χ3v) is 6.40. The molecule has 9 heteroatoms. The maximum Gasteiger partial charge on any atom is 0.342 e.